The molecular weight excluding hydrogens is 296 g/mol. The van der Waals surface area contributed by atoms with Crippen LogP contribution in [0.4, 0.5) is 5.69 Å². The number of rotatable bonds is 7. The van der Waals surface area contributed by atoms with Gasteiger partial charge in [0.25, 0.3) is 11.6 Å². The molecule has 8 heteroatoms. The van der Waals surface area contributed by atoms with Crippen molar-refractivity contribution in [2.45, 2.75) is 18.2 Å². The van der Waals surface area contributed by atoms with Crippen molar-refractivity contribution in [2.75, 3.05) is 12.8 Å². The third kappa shape index (κ3) is 4.75. The van der Waals surface area contributed by atoms with E-state index in [-0.39, 0.29) is 17.8 Å². The largest absolute Gasteiger partial charge is 0.481 e. The third-order valence-electron chi connectivity index (χ3n) is 2.92. The summed E-state index contributed by atoms with van der Waals surface area (Å²) in [6, 6.07) is 4.26. The first-order valence-corrected chi connectivity index (χ1v) is 7.42. The van der Waals surface area contributed by atoms with E-state index in [9.17, 15) is 19.7 Å². The molecule has 1 atom stereocenters. The fraction of sp³-hybridized carbons (Fsp3) is 0.385. The second-order valence-electron chi connectivity index (χ2n) is 4.43. The minimum Gasteiger partial charge on any atom is -0.481 e. The van der Waals surface area contributed by atoms with Crippen molar-refractivity contribution in [3.05, 3.63) is 33.9 Å². The summed E-state index contributed by atoms with van der Waals surface area (Å²) in [5.74, 6) is -1.94. The summed E-state index contributed by atoms with van der Waals surface area (Å²) in [7, 11) is 0. The fourth-order valence-corrected chi connectivity index (χ4v) is 2.15. The molecule has 0 heterocycles. The predicted octanol–water partition coefficient (Wildman–Crippen LogP) is 2.16. The van der Waals surface area contributed by atoms with E-state index in [4.69, 9.17) is 5.11 Å². The summed E-state index contributed by atoms with van der Waals surface area (Å²) in [5.41, 5.74) is 0.0662. The van der Waals surface area contributed by atoms with Crippen molar-refractivity contribution in [3.8, 4) is 0 Å². The van der Waals surface area contributed by atoms with Crippen LogP contribution in [0.2, 0.25) is 0 Å². The molecule has 0 saturated carbocycles. The zero-order valence-electron chi connectivity index (χ0n) is 11.7. The molecule has 0 aliphatic carbocycles. The fourth-order valence-electron chi connectivity index (χ4n) is 1.60. The van der Waals surface area contributed by atoms with Crippen LogP contribution in [0.25, 0.3) is 0 Å². The number of nitrogens with one attached hydrogen (secondary N) is 1. The van der Waals surface area contributed by atoms with Gasteiger partial charge in [0.2, 0.25) is 0 Å². The highest BCUT2D eigenvalue weighted by Crippen LogP contribution is 2.28. The van der Waals surface area contributed by atoms with Gasteiger partial charge < -0.3 is 10.4 Å². The Kier molecular flexibility index (Phi) is 6.16. The van der Waals surface area contributed by atoms with Gasteiger partial charge in [0.1, 0.15) is 0 Å². The molecule has 1 aromatic rings. The maximum Gasteiger partial charge on any atom is 0.306 e. The number of aliphatic carboxylic acids is 1. The molecule has 1 unspecified atom stereocenters. The summed E-state index contributed by atoms with van der Waals surface area (Å²) in [4.78, 5) is 33.4. The van der Waals surface area contributed by atoms with Crippen LogP contribution in [-0.4, -0.2) is 34.7 Å². The van der Waals surface area contributed by atoms with Crippen LogP contribution in [0.1, 0.15) is 23.7 Å². The van der Waals surface area contributed by atoms with Crippen LogP contribution in [0.5, 0.6) is 0 Å². The van der Waals surface area contributed by atoms with Crippen molar-refractivity contribution >= 4 is 29.3 Å². The van der Waals surface area contributed by atoms with E-state index in [2.05, 4.69) is 5.32 Å². The van der Waals surface area contributed by atoms with Gasteiger partial charge in [0.05, 0.1) is 15.7 Å². The Morgan fingerprint density at radius 3 is 2.67 bits per heavy atom. The van der Waals surface area contributed by atoms with Crippen LogP contribution in [0, 0.1) is 16.0 Å². The van der Waals surface area contributed by atoms with Crippen molar-refractivity contribution in [1.82, 2.24) is 5.32 Å². The van der Waals surface area contributed by atoms with E-state index in [1.807, 2.05) is 0 Å². The SMILES string of the molecule is CSc1ccc(C(=O)NCCC(C)C(=O)O)cc1[N+](=O)[O-]. The molecule has 1 aromatic carbocycles. The molecule has 1 amide bonds. The Hall–Kier alpha value is -2.09. The van der Waals surface area contributed by atoms with Gasteiger partial charge in [-0.15, -0.1) is 11.8 Å². The Morgan fingerprint density at radius 2 is 2.14 bits per heavy atom. The lowest BCUT2D eigenvalue weighted by molar-refractivity contribution is -0.387. The van der Waals surface area contributed by atoms with E-state index in [0.29, 0.717) is 11.3 Å². The maximum atomic E-state index is 11.9. The van der Waals surface area contributed by atoms with Gasteiger partial charge in [0, 0.05) is 18.2 Å². The van der Waals surface area contributed by atoms with Crippen molar-refractivity contribution < 1.29 is 19.6 Å². The number of nitro benzene ring substituents is 1. The van der Waals surface area contributed by atoms with Crippen LogP contribution >= 0.6 is 11.8 Å². The molecule has 7 nitrogen and oxygen atoms in total. The molecule has 0 fully saturated rings. The summed E-state index contributed by atoms with van der Waals surface area (Å²) < 4.78 is 0. The molecule has 114 valence electrons. The van der Waals surface area contributed by atoms with Gasteiger partial charge in [-0.3, -0.25) is 19.7 Å². The number of benzene rings is 1. The van der Waals surface area contributed by atoms with Gasteiger partial charge in [-0.1, -0.05) is 6.92 Å². The van der Waals surface area contributed by atoms with Crippen molar-refractivity contribution in [3.63, 3.8) is 0 Å². The van der Waals surface area contributed by atoms with E-state index >= 15 is 0 Å². The summed E-state index contributed by atoms with van der Waals surface area (Å²) in [5, 5.41) is 22.2. The highest BCUT2D eigenvalue weighted by Gasteiger charge is 2.17. The molecule has 0 bridgehead atoms. The lowest BCUT2D eigenvalue weighted by Gasteiger charge is -2.08. The number of nitrogens with zero attached hydrogens (tertiary/aromatic N) is 1. The molecule has 0 saturated heterocycles. The summed E-state index contributed by atoms with van der Waals surface area (Å²) in [6.45, 7) is 1.75. The molecule has 0 radical (unpaired) electrons. The van der Waals surface area contributed by atoms with E-state index in [1.54, 1.807) is 13.2 Å². The number of nitro groups is 1. The van der Waals surface area contributed by atoms with Crippen LogP contribution < -0.4 is 5.32 Å². The number of carboxylic acids is 1. The van der Waals surface area contributed by atoms with Crippen molar-refractivity contribution in [1.29, 1.82) is 0 Å². The standard InChI is InChI=1S/C13H16N2O5S/c1-8(13(17)18)5-6-14-12(16)9-3-4-11(21-2)10(7-9)15(19)20/h3-4,7-8H,5-6H2,1-2H3,(H,14,16)(H,17,18). The third-order valence-corrected chi connectivity index (χ3v) is 3.71. The topological polar surface area (TPSA) is 110 Å². The number of hydrogen-bond donors (Lipinski definition) is 2. The normalized spacial score (nSPS) is 11.7. The average Bonchev–Trinajstić information content (AvgIpc) is 2.45. The maximum absolute atomic E-state index is 11.9. The first kappa shape index (κ1) is 17.0. The summed E-state index contributed by atoms with van der Waals surface area (Å²) >= 11 is 1.23. The minimum absolute atomic E-state index is 0.117. The second kappa shape index (κ2) is 7.63. The predicted molar refractivity (Wildman–Crippen MR) is 78.6 cm³/mol. The van der Waals surface area contributed by atoms with E-state index in [1.165, 1.54) is 30.0 Å². The minimum atomic E-state index is -0.927. The molecule has 0 spiro atoms. The van der Waals surface area contributed by atoms with E-state index < -0.39 is 22.7 Å². The van der Waals surface area contributed by atoms with Crippen LogP contribution in [0.15, 0.2) is 23.1 Å². The number of hydrogen-bond acceptors (Lipinski definition) is 5. The van der Waals surface area contributed by atoms with Gasteiger partial charge in [-0.2, -0.15) is 0 Å². The Bertz CT molecular complexity index is 561. The van der Waals surface area contributed by atoms with Gasteiger partial charge in [-0.25, -0.2) is 0 Å². The van der Waals surface area contributed by atoms with Gasteiger partial charge >= 0.3 is 5.97 Å². The molecule has 1 rings (SSSR count). The Balaban J connectivity index is 2.73. The molecule has 0 aliphatic heterocycles. The number of carboxylic acid groups (broad SMARTS) is 1. The zero-order valence-corrected chi connectivity index (χ0v) is 12.5. The Labute approximate surface area is 125 Å². The average molecular weight is 312 g/mol. The number of thioether (sulfide) groups is 1. The van der Waals surface area contributed by atoms with E-state index in [0.717, 1.165) is 0 Å². The number of carbonyl (C=O) groups excluding carboxylic acids is 1. The molecule has 21 heavy (non-hydrogen) atoms. The van der Waals surface area contributed by atoms with Gasteiger partial charge in [-0.05, 0) is 24.8 Å². The van der Waals surface area contributed by atoms with Crippen LogP contribution in [0.3, 0.4) is 0 Å². The van der Waals surface area contributed by atoms with Crippen LogP contribution in [-0.2, 0) is 4.79 Å². The quantitative estimate of drug-likeness (QED) is 0.453. The monoisotopic (exact) mass is 312 g/mol. The Morgan fingerprint density at radius 1 is 1.48 bits per heavy atom. The van der Waals surface area contributed by atoms with Gasteiger partial charge in [0.15, 0.2) is 0 Å². The highest BCUT2D eigenvalue weighted by atomic mass is 32.2. The highest BCUT2D eigenvalue weighted by molar-refractivity contribution is 7.98. The molecule has 2 N–H and O–H groups in total. The molecule has 0 aliphatic rings. The van der Waals surface area contributed by atoms with Crippen molar-refractivity contribution in [2.24, 2.45) is 5.92 Å². The lowest BCUT2D eigenvalue weighted by Crippen LogP contribution is -2.27. The zero-order chi connectivity index (χ0) is 16.0. The first-order valence-electron chi connectivity index (χ1n) is 6.20. The first-order chi connectivity index (χ1) is 9.86. The lowest BCUT2D eigenvalue weighted by atomic mass is 10.1. The summed E-state index contributed by atoms with van der Waals surface area (Å²) in [6.07, 6.45) is 2.02. The number of carbonyl (C=O) groups is 2. The number of amides is 1. The molecular formula is C13H16N2O5S. The molecule has 0 aromatic heterocycles. The smallest absolute Gasteiger partial charge is 0.306 e. The second-order valence-corrected chi connectivity index (χ2v) is 5.28.